The monoisotopic (exact) mass is 342 g/mol. The number of amides is 2. The molecule has 0 saturated carbocycles. The lowest BCUT2D eigenvalue weighted by atomic mass is 10.1. The summed E-state index contributed by atoms with van der Waals surface area (Å²) in [6, 6.07) is 8.87. The van der Waals surface area contributed by atoms with Crippen molar-refractivity contribution in [2.45, 2.75) is 32.4 Å². The zero-order valence-corrected chi connectivity index (χ0v) is 14.2. The van der Waals surface area contributed by atoms with E-state index in [1.165, 1.54) is 6.26 Å². The Morgan fingerprint density at radius 2 is 2.08 bits per heavy atom. The molecule has 1 aliphatic rings. The van der Waals surface area contributed by atoms with Crippen LogP contribution in [0.2, 0.25) is 0 Å². The molecule has 1 saturated heterocycles. The second-order valence-electron chi connectivity index (χ2n) is 6.12. The van der Waals surface area contributed by atoms with E-state index in [9.17, 15) is 9.59 Å². The van der Waals surface area contributed by atoms with Crippen LogP contribution in [-0.2, 0) is 11.3 Å². The Balaban J connectivity index is 1.54. The van der Waals surface area contributed by atoms with Crippen LogP contribution in [0.4, 0.5) is 0 Å². The maximum atomic E-state index is 12.3. The first kappa shape index (κ1) is 17.2. The minimum Gasteiger partial charge on any atom is -0.469 e. The van der Waals surface area contributed by atoms with E-state index < -0.39 is 0 Å². The zero-order valence-electron chi connectivity index (χ0n) is 14.2. The molecule has 1 atom stereocenters. The molecule has 25 heavy (non-hydrogen) atoms. The van der Waals surface area contributed by atoms with E-state index in [4.69, 9.17) is 9.15 Å². The lowest BCUT2D eigenvalue weighted by Gasteiger charge is -2.11. The van der Waals surface area contributed by atoms with Gasteiger partial charge in [0, 0.05) is 25.3 Å². The van der Waals surface area contributed by atoms with Gasteiger partial charge in [-0.1, -0.05) is 12.1 Å². The highest BCUT2D eigenvalue weighted by Gasteiger charge is 2.17. The molecule has 3 rings (SSSR count). The van der Waals surface area contributed by atoms with Gasteiger partial charge >= 0.3 is 0 Å². The van der Waals surface area contributed by atoms with Crippen LogP contribution >= 0.6 is 0 Å². The largest absolute Gasteiger partial charge is 0.469 e. The second-order valence-corrected chi connectivity index (χ2v) is 6.12. The highest BCUT2D eigenvalue weighted by molar-refractivity contribution is 5.95. The lowest BCUT2D eigenvalue weighted by molar-refractivity contribution is 0.0857. The van der Waals surface area contributed by atoms with Crippen molar-refractivity contribution in [3.63, 3.8) is 0 Å². The molecule has 2 heterocycles. The first-order chi connectivity index (χ1) is 12.1. The highest BCUT2D eigenvalue weighted by atomic mass is 16.5. The normalized spacial score (nSPS) is 16.6. The van der Waals surface area contributed by atoms with Crippen LogP contribution in [-0.4, -0.2) is 31.1 Å². The SMILES string of the molecule is Cc1occc1C(=O)NCc1cccc(C(=O)NCC2CCCO2)c1. The number of furan rings is 1. The topological polar surface area (TPSA) is 80.6 Å². The number of hydrogen-bond donors (Lipinski definition) is 2. The minimum atomic E-state index is -0.195. The smallest absolute Gasteiger partial charge is 0.255 e. The standard InChI is InChI=1S/C19H22N2O4/c1-13-17(7-9-24-13)19(23)20-11-14-4-2-5-15(10-14)18(22)21-12-16-6-3-8-25-16/h2,4-5,7,9-10,16H,3,6,8,11-12H2,1H3,(H,20,23)(H,21,22). The predicted molar refractivity (Wildman–Crippen MR) is 92.4 cm³/mol. The Morgan fingerprint density at radius 1 is 1.20 bits per heavy atom. The van der Waals surface area contributed by atoms with Crippen molar-refractivity contribution >= 4 is 11.8 Å². The first-order valence-corrected chi connectivity index (χ1v) is 8.44. The summed E-state index contributed by atoms with van der Waals surface area (Å²) in [6.07, 6.45) is 3.64. The van der Waals surface area contributed by atoms with Crippen LogP contribution in [0.15, 0.2) is 41.0 Å². The molecule has 2 N–H and O–H groups in total. The van der Waals surface area contributed by atoms with E-state index in [1.54, 1.807) is 25.1 Å². The second kappa shape index (κ2) is 7.98. The van der Waals surface area contributed by atoms with Gasteiger partial charge in [-0.2, -0.15) is 0 Å². The third-order valence-electron chi connectivity index (χ3n) is 4.26. The molecular weight excluding hydrogens is 320 g/mol. The molecule has 1 aliphatic heterocycles. The number of carbonyl (C=O) groups excluding carboxylic acids is 2. The minimum absolute atomic E-state index is 0.115. The maximum Gasteiger partial charge on any atom is 0.255 e. The molecule has 2 amide bonds. The van der Waals surface area contributed by atoms with Crippen LogP contribution in [0.3, 0.4) is 0 Å². The Hall–Kier alpha value is -2.60. The van der Waals surface area contributed by atoms with Gasteiger partial charge in [0.15, 0.2) is 0 Å². The summed E-state index contributed by atoms with van der Waals surface area (Å²) < 4.78 is 10.6. The van der Waals surface area contributed by atoms with Gasteiger partial charge in [0.2, 0.25) is 0 Å². The van der Waals surface area contributed by atoms with Crippen LogP contribution in [0.5, 0.6) is 0 Å². The van der Waals surface area contributed by atoms with Crippen molar-refractivity contribution in [2.24, 2.45) is 0 Å². The zero-order chi connectivity index (χ0) is 17.6. The third-order valence-corrected chi connectivity index (χ3v) is 4.26. The summed E-state index contributed by atoms with van der Waals surface area (Å²) in [7, 11) is 0. The van der Waals surface area contributed by atoms with Gasteiger partial charge in [0.05, 0.1) is 17.9 Å². The van der Waals surface area contributed by atoms with Crippen LogP contribution in [0.1, 0.15) is 44.9 Å². The van der Waals surface area contributed by atoms with E-state index in [-0.39, 0.29) is 17.9 Å². The number of benzene rings is 1. The fourth-order valence-electron chi connectivity index (χ4n) is 2.83. The van der Waals surface area contributed by atoms with Crippen molar-refractivity contribution < 1.29 is 18.7 Å². The molecule has 1 fully saturated rings. The van der Waals surface area contributed by atoms with Crippen molar-refractivity contribution in [1.29, 1.82) is 0 Å². The summed E-state index contributed by atoms with van der Waals surface area (Å²) >= 11 is 0. The van der Waals surface area contributed by atoms with Crippen molar-refractivity contribution in [3.05, 3.63) is 59.0 Å². The number of rotatable bonds is 6. The van der Waals surface area contributed by atoms with E-state index >= 15 is 0 Å². The van der Waals surface area contributed by atoms with Crippen molar-refractivity contribution in [1.82, 2.24) is 10.6 Å². The molecule has 0 aliphatic carbocycles. The van der Waals surface area contributed by atoms with Crippen molar-refractivity contribution in [3.8, 4) is 0 Å². The highest BCUT2D eigenvalue weighted by Crippen LogP contribution is 2.12. The van der Waals surface area contributed by atoms with Crippen molar-refractivity contribution in [2.75, 3.05) is 13.2 Å². The van der Waals surface area contributed by atoms with Crippen LogP contribution < -0.4 is 10.6 Å². The summed E-state index contributed by atoms with van der Waals surface area (Å²) in [4.78, 5) is 24.4. The molecule has 132 valence electrons. The molecule has 1 aromatic carbocycles. The first-order valence-electron chi connectivity index (χ1n) is 8.44. The van der Waals surface area contributed by atoms with Gasteiger partial charge in [-0.15, -0.1) is 0 Å². The van der Waals surface area contributed by atoms with E-state index in [0.717, 1.165) is 25.0 Å². The number of hydrogen-bond acceptors (Lipinski definition) is 4. The van der Waals surface area contributed by atoms with Gasteiger partial charge in [-0.25, -0.2) is 0 Å². The van der Waals surface area contributed by atoms with Gasteiger partial charge in [-0.3, -0.25) is 9.59 Å². The Bertz CT molecular complexity index is 747. The molecule has 1 aromatic heterocycles. The third kappa shape index (κ3) is 4.48. The van der Waals surface area contributed by atoms with Gasteiger partial charge in [0.25, 0.3) is 11.8 Å². The van der Waals surface area contributed by atoms with Gasteiger partial charge in [-0.05, 0) is 43.5 Å². The Kier molecular flexibility index (Phi) is 5.50. The molecule has 0 bridgehead atoms. The van der Waals surface area contributed by atoms with E-state index in [0.29, 0.717) is 30.0 Å². The Labute approximate surface area is 146 Å². The molecule has 1 unspecified atom stereocenters. The molecule has 0 radical (unpaired) electrons. The number of carbonyl (C=O) groups is 2. The lowest BCUT2D eigenvalue weighted by Crippen LogP contribution is -2.31. The fourth-order valence-corrected chi connectivity index (χ4v) is 2.83. The average molecular weight is 342 g/mol. The molecular formula is C19H22N2O4. The summed E-state index contributed by atoms with van der Waals surface area (Å²) in [5, 5.41) is 5.73. The van der Waals surface area contributed by atoms with E-state index in [1.807, 2.05) is 12.1 Å². The number of aryl methyl sites for hydroxylation is 1. The van der Waals surface area contributed by atoms with Crippen LogP contribution in [0.25, 0.3) is 0 Å². The number of ether oxygens (including phenoxy) is 1. The van der Waals surface area contributed by atoms with E-state index in [2.05, 4.69) is 10.6 Å². The maximum absolute atomic E-state index is 12.3. The molecule has 2 aromatic rings. The Morgan fingerprint density at radius 3 is 2.80 bits per heavy atom. The summed E-state index contributed by atoms with van der Waals surface area (Å²) in [6.45, 7) is 3.38. The molecule has 6 heteroatoms. The van der Waals surface area contributed by atoms with Crippen LogP contribution in [0, 0.1) is 6.92 Å². The molecule has 6 nitrogen and oxygen atoms in total. The average Bonchev–Trinajstić information content (AvgIpc) is 3.29. The summed E-state index contributed by atoms with van der Waals surface area (Å²) in [5.41, 5.74) is 1.95. The summed E-state index contributed by atoms with van der Waals surface area (Å²) in [5.74, 6) is 0.258. The quantitative estimate of drug-likeness (QED) is 0.845. The molecule has 0 spiro atoms. The number of nitrogens with one attached hydrogen (secondary N) is 2. The van der Waals surface area contributed by atoms with Gasteiger partial charge < -0.3 is 19.8 Å². The fraction of sp³-hybridized carbons (Fsp3) is 0.368. The van der Waals surface area contributed by atoms with Gasteiger partial charge in [0.1, 0.15) is 5.76 Å². The predicted octanol–water partition coefficient (Wildman–Crippen LogP) is 2.43.